The summed E-state index contributed by atoms with van der Waals surface area (Å²) in [5.74, 6) is -5.07. The molecular formula is C26H20ClF4IN2O3. The maximum Gasteiger partial charge on any atom is 0.264 e. The lowest BCUT2D eigenvalue weighted by molar-refractivity contribution is -0.140. The van der Waals surface area contributed by atoms with Crippen LogP contribution in [-0.4, -0.2) is 18.9 Å². The average Bonchev–Trinajstić information content (AvgIpc) is 3.08. The van der Waals surface area contributed by atoms with Crippen molar-refractivity contribution in [3.05, 3.63) is 96.6 Å². The number of nitrogens with zero attached hydrogens (tertiary/aromatic N) is 1. The molecule has 3 aromatic carbocycles. The first kappa shape index (κ1) is 27.3. The van der Waals surface area contributed by atoms with E-state index in [1.165, 1.54) is 42.3 Å². The summed E-state index contributed by atoms with van der Waals surface area (Å²) in [6.07, 6.45) is 0.265. The number of benzene rings is 3. The van der Waals surface area contributed by atoms with Crippen molar-refractivity contribution in [1.82, 2.24) is 5.32 Å². The molecule has 1 atom stereocenters. The quantitative estimate of drug-likeness (QED) is 0.245. The number of carbonyl (C=O) groups excluding carboxylic acids is 2. The van der Waals surface area contributed by atoms with E-state index in [1.807, 2.05) is 22.6 Å². The molecule has 3 aromatic rings. The third kappa shape index (κ3) is 4.82. The zero-order valence-corrected chi connectivity index (χ0v) is 22.5. The fourth-order valence-corrected chi connectivity index (χ4v) is 5.71. The van der Waals surface area contributed by atoms with Crippen molar-refractivity contribution in [2.75, 3.05) is 12.0 Å². The van der Waals surface area contributed by atoms with Gasteiger partial charge in [-0.15, -0.1) is 0 Å². The van der Waals surface area contributed by atoms with Crippen molar-refractivity contribution < 1.29 is 31.9 Å². The van der Waals surface area contributed by atoms with Crippen LogP contribution in [0.5, 0.6) is 0 Å². The van der Waals surface area contributed by atoms with Crippen LogP contribution in [0.4, 0.5) is 23.2 Å². The number of carbonyl (C=O) groups is 2. The molecule has 1 N–H and O–H groups in total. The fraction of sp³-hybridized carbons (Fsp3) is 0.231. The first-order valence-electron chi connectivity index (χ1n) is 11.1. The normalized spacial score (nSPS) is 16.8. The summed E-state index contributed by atoms with van der Waals surface area (Å²) >= 11 is 8.18. The average molecular weight is 647 g/mol. The lowest BCUT2D eigenvalue weighted by Gasteiger charge is -2.26. The topological polar surface area (TPSA) is 58.6 Å². The minimum absolute atomic E-state index is 0.0894. The van der Waals surface area contributed by atoms with Gasteiger partial charge in [0.25, 0.3) is 11.8 Å². The third-order valence-electron chi connectivity index (χ3n) is 6.37. The van der Waals surface area contributed by atoms with Crippen molar-refractivity contribution >= 4 is 51.7 Å². The van der Waals surface area contributed by atoms with E-state index < -0.39 is 52.8 Å². The predicted molar refractivity (Wildman–Crippen MR) is 138 cm³/mol. The molecular weight excluding hydrogens is 627 g/mol. The number of ether oxygens (including phenoxy) is 1. The Labute approximate surface area is 228 Å². The highest BCUT2D eigenvalue weighted by Crippen LogP contribution is 2.48. The number of amides is 2. The SMILES string of the molecule is CCC1(OC)C(=O)N(Cc2c(F)cccc2Cl)c2cc(C(=O)NCc3c(F)cc(F)cc3F)cc(I)c21. The molecule has 0 aliphatic carbocycles. The minimum Gasteiger partial charge on any atom is -0.363 e. The van der Waals surface area contributed by atoms with Crippen molar-refractivity contribution in [2.24, 2.45) is 0 Å². The molecule has 0 spiro atoms. The molecule has 0 bridgehead atoms. The third-order valence-corrected chi connectivity index (χ3v) is 7.58. The number of methoxy groups -OCH3 is 1. The molecule has 1 heterocycles. The molecule has 1 aliphatic heterocycles. The summed E-state index contributed by atoms with van der Waals surface area (Å²) in [4.78, 5) is 27.9. The highest BCUT2D eigenvalue weighted by molar-refractivity contribution is 14.1. The lowest BCUT2D eigenvalue weighted by Crippen LogP contribution is -2.41. The van der Waals surface area contributed by atoms with E-state index in [2.05, 4.69) is 5.32 Å². The second kappa shape index (κ2) is 10.6. The Kier molecular flexibility index (Phi) is 7.82. The van der Waals surface area contributed by atoms with Crippen LogP contribution in [0, 0.1) is 26.8 Å². The number of nitrogens with one attached hydrogen (secondary N) is 1. The Morgan fingerprint density at radius 1 is 1.08 bits per heavy atom. The molecule has 194 valence electrons. The molecule has 0 radical (unpaired) electrons. The van der Waals surface area contributed by atoms with Gasteiger partial charge in [-0.1, -0.05) is 24.6 Å². The van der Waals surface area contributed by atoms with Crippen LogP contribution < -0.4 is 10.2 Å². The van der Waals surface area contributed by atoms with Gasteiger partial charge in [0.2, 0.25) is 0 Å². The summed E-state index contributed by atoms with van der Waals surface area (Å²) in [5, 5.41) is 2.55. The van der Waals surface area contributed by atoms with Gasteiger partial charge in [0.05, 0.1) is 12.2 Å². The van der Waals surface area contributed by atoms with Gasteiger partial charge in [-0.3, -0.25) is 9.59 Å². The highest BCUT2D eigenvalue weighted by Gasteiger charge is 2.52. The molecule has 0 saturated carbocycles. The Bertz CT molecular complexity index is 1370. The molecule has 37 heavy (non-hydrogen) atoms. The van der Waals surface area contributed by atoms with Crippen LogP contribution in [-0.2, 0) is 28.2 Å². The predicted octanol–water partition coefficient (Wildman–Crippen LogP) is 6.23. The minimum atomic E-state index is -1.36. The van der Waals surface area contributed by atoms with Crippen molar-refractivity contribution in [3.8, 4) is 0 Å². The van der Waals surface area contributed by atoms with E-state index in [0.29, 0.717) is 27.0 Å². The molecule has 2 amide bonds. The van der Waals surface area contributed by atoms with Crippen LogP contribution in [0.2, 0.25) is 5.02 Å². The van der Waals surface area contributed by atoms with E-state index in [-0.39, 0.29) is 29.1 Å². The Morgan fingerprint density at radius 3 is 2.35 bits per heavy atom. The number of hydrogen-bond donors (Lipinski definition) is 1. The van der Waals surface area contributed by atoms with Gasteiger partial charge in [0, 0.05) is 56.6 Å². The Balaban J connectivity index is 1.73. The summed E-state index contributed by atoms with van der Waals surface area (Å²) in [7, 11) is 1.40. The molecule has 1 aliphatic rings. The zero-order chi connectivity index (χ0) is 27.1. The zero-order valence-electron chi connectivity index (χ0n) is 19.6. The monoisotopic (exact) mass is 646 g/mol. The molecule has 11 heteroatoms. The van der Waals surface area contributed by atoms with E-state index in [9.17, 15) is 27.2 Å². The highest BCUT2D eigenvalue weighted by atomic mass is 127. The van der Waals surface area contributed by atoms with Gasteiger partial charge in [0.1, 0.15) is 23.3 Å². The van der Waals surface area contributed by atoms with E-state index in [0.717, 1.165) is 0 Å². The number of rotatable bonds is 7. The van der Waals surface area contributed by atoms with E-state index in [1.54, 1.807) is 6.92 Å². The Morgan fingerprint density at radius 2 is 1.76 bits per heavy atom. The van der Waals surface area contributed by atoms with Crippen LogP contribution in [0.3, 0.4) is 0 Å². The van der Waals surface area contributed by atoms with Gasteiger partial charge in [0.15, 0.2) is 5.60 Å². The standard InChI is InChI=1S/C26H20ClF4IN2O3/c1-3-26(37-2)23-21(32)7-13(24(35)33-11-15-19(30)9-14(28)10-20(15)31)8-22(23)34(25(26)36)12-16-17(27)5-4-6-18(16)29/h4-10H,3,11-12H2,1-2H3,(H,33,35). The maximum atomic E-state index is 14.6. The number of anilines is 1. The largest absolute Gasteiger partial charge is 0.363 e. The lowest BCUT2D eigenvalue weighted by atomic mass is 9.91. The second-order valence-corrected chi connectivity index (χ2v) is 9.93. The molecule has 0 aromatic heterocycles. The second-order valence-electron chi connectivity index (χ2n) is 8.36. The van der Waals surface area contributed by atoms with Crippen molar-refractivity contribution in [2.45, 2.75) is 32.0 Å². The molecule has 4 rings (SSSR count). The molecule has 0 fully saturated rings. The van der Waals surface area contributed by atoms with Crippen molar-refractivity contribution in [3.63, 3.8) is 0 Å². The summed E-state index contributed by atoms with van der Waals surface area (Å²) in [5.41, 5.74) is -0.836. The van der Waals surface area contributed by atoms with E-state index >= 15 is 0 Å². The summed E-state index contributed by atoms with van der Waals surface area (Å²) in [6, 6.07) is 8.18. The smallest absolute Gasteiger partial charge is 0.264 e. The first-order valence-corrected chi connectivity index (χ1v) is 12.5. The molecule has 1 unspecified atom stereocenters. The van der Waals surface area contributed by atoms with E-state index in [4.69, 9.17) is 16.3 Å². The van der Waals surface area contributed by atoms with Gasteiger partial charge in [-0.2, -0.15) is 0 Å². The number of hydrogen-bond acceptors (Lipinski definition) is 3. The van der Waals surface area contributed by atoms with Crippen LogP contribution in [0.15, 0.2) is 42.5 Å². The fourth-order valence-electron chi connectivity index (χ4n) is 4.44. The van der Waals surface area contributed by atoms with Gasteiger partial charge in [-0.25, -0.2) is 17.6 Å². The first-order chi connectivity index (χ1) is 17.5. The van der Waals surface area contributed by atoms with Crippen molar-refractivity contribution in [1.29, 1.82) is 0 Å². The van der Waals surface area contributed by atoms with Gasteiger partial charge in [-0.05, 0) is 53.3 Å². The van der Waals surface area contributed by atoms with Crippen LogP contribution in [0.1, 0.15) is 40.4 Å². The summed E-state index contributed by atoms with van der Waals surface area (Å²) in [6.45, 7) is 1.03. The molecule has 0 saturated heterocycles. The maximum absolute atomic E-state index is 14.6. The summed E-state index contributed by atoms with van der Waals surface area (Å²) < 4.78 is 62.0. The molecule has 5 nitrogen and oxygen atoms in total. The van der Waals surface area contributed by atoms with Gasteiger partial charge >= 0.3 is 0 Å². The van der Waals surface area contributed by atoms with Crippen LogP contribution in [0.25, 0.3) is 0 Å². The van der Waals surface area contributed by atoms with Gasteiger partial charge < -0.3 is 15.0 Å². The van der Waals surface area contributed by atoms with Crippen LogP contribution >= 0.6 is 34.2 Å². The number of halogens is 6. The number of fused-ring (bicyclic) bond motifs is 1. The Hall–Kier alpha value is -2.70.